The van der Waals surface area contributed by atoms with Crippen molar-refractivity contribution >= 4 is 15.9 Å². The number of carbonyl (C=O) groups excluding carboxylic acids is 1. The molecule has 7 nitrogen and oxygen atoms in total. The van der Waals surface area contributed by atoms with Crippen molar-refractivity contribution in [3.8, 4) is 11.2 Å². The van der Waals surface area contributed by atoms with Gasteiger partial charge in [-0.3, -0.25) is 0 Å². The van der Waals surface area contributed by atoms with Crippen molar-refractivity contribution in [2.45, 2.75) is 64.9 Å². The smallest absolute Gasteiger partial charge is 0.408 e. The van der Waals surface area contributed by atoms with Crippen LogP contribution in [0.4, 0.5) is 4.79 Å². The summed E-state index contributed by atoms with van der Waals surface area (Å²) in [7, 11) is -3.48. The Morgan fingerprint density at radius 2 is 1.92 bits per heavy atom. The van der Waals surface area contributed by atoms with Gasteiger partial charge in [0.25, 0.3) is 0 Å². The Labute approximate surface area is 144 Å². The van der Waals surface area contributed by atoms with E-state index in [2.05, 4.69) is 16.5 Å². The van der Waals surface area contributed by atoms with Crippen LogP contribution in [-0.4, -0.2) is 51.4 Å². The van der Waals surface area contributed by atoms with Crippen LogP contribution in [0.5, 0.6) is 0 Å². The maximum Gasteiger partial charge on any atom is 0.408 e. The van der Waals surface area contributed by atoms with E-state index in [4.69, 9.17) is 14.2 Å². The third kappa shape index (κ3) is 9.75. The van der Waals surface area contributed by atoms with Gasteiger partial charge in [0.15, 0.2) is 6.29 Å². The molecular weight excluding hydrogens is 334 g/mol. The third-order valence-corrected chi connectivity index (χ3v) is 4.21. The SMILES string of the molecule is C[C@H](C#CS(=O)(=O)CCCCC1OCCO1)NC(=O)OC(C)(C)C. The van der Waals surface area contributed by atoms with Crippen LogP contribution in [0.3, 0.4) is 0 Å². The Bertz CT molecular complexity index is 564. The number of hydrogen-bond acceptors (Lipinski definition) is 6. The molecular formula is C16H27NO6S. The number of sulfone groups is 1. The van der Waals surface area contributed by atoms with Gasteiger partial charge < -0.3 is 19.5 Å². The average molecular weight is 361 g/mol. The molecule has 138 valence electrons. The summed E-state index contributed by atoms with van der Waals surface area (Å²) in [6, 6.07) is -0.616. The van der Waals surface area contributed by atoms with Gasteiger partial charge in [-0.25, -0.2) is 13.2 Å². The predicted octanol–water partition coefficient (Wildman–Crippen LogP) is 1.82. The van der Waals surface area contributed by atoms with Crippen LogP contribution in [0.25, 0.3) is 0 Å². The van der Waals surface area contributed by atoms with Crippen molar-refractivity contribution in [1.29, 1.82) is 0 Å². The summed E-state index contributed by atoms with van der Waals surface area (Å²) in [6.07, 6.45) is 1.03. The molecule has 24 heavy (non-hydrogen) atoms. The lowest BCUT2D eigenvalue weighted by Crippen LogP contribution is -2.37. The normalized spacial score (nSPS) is 17.0. The van der Waals surface area contributed by atoms with Crippen molar-refractivity contribution in [2.24, 2.45) is 0 Å². The van der Waals surface area contributed by atoms with Crippen LogP contribution < -0.4 is 5.32 Å². The molecule has 1 saturated heterocycles. The van der Waals surface area contributed by atoms with Crippen molar-refractivity contribution in [2.75, 3.05) is 19.0 Å². The zero-order valence-electron chi connectivity index (χ0n) is 14.8. The molecule has 1 atom stereocenters. The minimum absolute atomic E-state index is 0.0219. The molecule has 1 aliphatic heterocycles. The maximum absolute atomic E-state index is 11.9. The van der Waals surface area contributed by atoms with Gasteiger partial charge in [0.05, 0.1) is 25.0 Å². The van der Waals surface area contributed by atoms with Crippen LogP contribution in [0.1, 0.15) is 47.0 Å². The second-order valence-corrected chi connectivity index (χ2v) is 8.44. The van der Waals surface area contributed by atoms with Crippen molar-refractivity contribution < 1.29 is 27.4 Å². The van der Waals surface area contributed by atoms with Crippen molar-refractivity contribution in [3.63, 3.8) is 0 Å². The molecule has 0 unspecified atom stereocenters. The second-order valence-electron chi connectivity index (χ2n) is 6.60. The van der Waals surface area contributed by atoms with Gasteiger partial charge in [0.1, 0.15) is 5.60 Å². The van der Waals surface area contributed by atoms with Gasteiger partial charge in [0, 0.05) is 5.25 Å². The van der Waals surface area contributed by atoms with Gasteiger partial charge in [-0.2, -0.15) is 0 Å². The fourth-order valence-electron chi connectivity index (χ4n) is 1.93. The summed E-state index contributed by atoms with van der Waals surface area (Å²) in [5, 5.41) is 4.73. The summed E-state index contributed by atoms with van der Waals surface area (Å²) in [4.78, 5) is 11.6. The third-order valence-electron chi connectivity index (χ3n) is 2.96. The van der Waals surface area contributed by atoms with Crippen molar-refractivity contribution in [1.82, 2.24) is 5.32 Å². The molecule has 1 fully saturated rings. The largest absolute Gasteiger partial charge is 0.444 e. The molecule has 1 aliphatic rings. The molecule has 0 spiro atoms. The van der Waals surface area contributed by atoms with E-state index in [1.165, 1.54) is 0 Å². The van der Waals surface area contributed by atoms with E-state index in [1.807, 2.05) is 0 Å². The first kappa shape index (κ1) is 20.7. The molecule has 8 heteroatoms. The number of nitrogens with one attached hydrogen (secondary N) is 1. The number of hydrogen-bond donors (Lipinski definition) is 1. The van der Waals surface area contributed by atoms with Gasteiger partial charge >= 0.3 is 6.09 Å². The van der Waals surface area contributed by atoms with Crippen LogP contribution >= 0.6 is 0 Å². The highest BCUT2D eigenvalue weighted by molar-refractivity contribution is 7.96. The van der Waals surface area contributed by atoms with E-state index in [0.29, 0.717) is 32.5 Å². The number of amides is 1. The zero-order valence-corrected chi connectivity index (χ0v) is 15.6. The lowest BCUT2D eigenvalue weighted by Gasteiger charge is -2.20. The summed E-state index contributed by atoms with van der Waals surface area (Å²) in [5.74, 6) is 2.50. The van der Waals surface area contributed by atoms with Gasteiger partial charge in [0.2, 0.25) is 9.84 Å². The van der Waals surface area contributed by atoms with Gasteiger partial charge in [-0.15, -0.1) is 0 Å². The van der Waals surface area contributed by atoms with Crippen LogP contribution in [0, 0.1) is 11.2 Å². The fraction of sp³-hybridized carbons (Fsp3) is 0.812. The molecule has 0 bridgehead atoms. The van der Waals surface area contributed by atoms with E-state index in [0.717, 1.165) is 0 Å². The van der Waals surface area contributed by atoms with Crippen LogP contribution in [0.15, 0.2) is 0 Å². The second kappa shape index (κ2) is 9.25. The summed E-state index contributed by atoms with van der Waals surface area (Å²) in [5.41, 5.74) is -0.615. The first-order chi connectivity index (χ1) is 11.1. The number of carbonyl (C=O) groups is 1. The highest BCUT2D eigenvalue weighted by atomic mass is 32.2. The monoisotopic (exact) mass is 361 g/mol. The minimum atomic E-state index is -3.48. The summed E-state index contributed by atoms with van der Waals surface area (Å²) in [6.45, 7) is 8.02. The minimum Gasteiger partial charge on any atom is -0.444 e. The van der Waals surface area contributed by atoms with Crippen molar-refractivity contribution in [3.05, 3.63) is 0 Å². The van der Waals surface area contributed by atoms with Crippen LogP contribution in [0.2, 0.25) is 0 Å². The quantitative estimate of drug-likeness (QED) is 0.441. The Balaban J connectivity index is 2.32. The highest BCUT2D eigenvalue weighted by Crippen LogP contribution is 2.12. The summed E-state index contributed by atoms with van der Waals surface area (Å²) >= 11 is 0. The lowest BCUT2D eigenvalue weighted by molar-refractivity contribution is -0.0477. The predicted molar refractivity (Wildman–Crippen MR) is 89.9 cm³/mol. The number of ether oxygens (including phenoxy) is 3. The molecule has 0 aliphatic carbocycles. The molecule has 0 aromatic carbocycles. The number of unbranched alkanes of at least 4 members (excludes halogenated alkanes) is 1. The van der Waals surface area contributed by atoms with E-state index >= 15 is 0 Å². The van der Waals surface area contributed by atoms with Gasteiger partial charge in [-0.05, 0) is 47.0 Å². The highest BCUT2D eigenvalue weighted by Gasteiger charge is 2.18. The number of alkyl carbamates (subject to hydrolysis) is 1. The Kier molecular flexibility index (Phi) is 8.00. The number of rotatable bonds is 6. The van der Waals surface area contributed by atoms with E-state index < -0.39 is 27.6 Å². The molecule has 0 radical (unpaired) electrons. The molecule has 0 saturated carbocycles. The first-order valence-corrected chi connectivity index (χ1v) is 9.70. The molecule has 1 heterocycles. The van der Waals surface area contributed by atoms with E-state index in [-0.39, 0.29) is 12.0 Å². The Morgan fingerprint density at radius 1 is 1.29 bits per heavy atom. The van der Waals surface area contributed by atoms with E-state index in [1.54, 1.807) is 27.7 Å². The first-order valence-electron chi connectivity index (χ1n) is 8.05. The van der Waals surface area contributed by atoms with Gasteiger partial charge in [-0.1, -0.05) is 5.92 Å². The lowest BCUT2D eigenvalue weighted by atomic mass is 10.2. The Morgan fingerprint density at radius 3 is 2.50 bits per heavy atom. The zero-order chi connectivity index (χ0) is 18.2. The molecule has 1 amide bonds. The Hall–Kier alpha value is -1.30. The average Bonchev–Trinajstić information content (AvgIpc) is 2.92. The molecule has 0 aromatic heterocycles. The molecule has 1 N–H and O–H groups in total. The maximum atomic E-state index is 11.9. The molecule has 1 rings (SSSR count). The van der Waals surface area contributed by atoms with Crippen LogP contribution in [-0.2, 0) is 24.0 Å². The molecule has 0 aromatic rings. The topological polar surface area (TPSA) is 90.9 Å². The van der Waals surface area contributed by atoms with E-state index in [9.17, 15) is 13.2 Å². The standard InChI is InChI=1S/C16H27NO6S/c1-13(17-15(18)23-16(2,3)4)8-12-24(19,20)11-6-5-7-14-21-9-10-22-14/h13-14H,5-7,9-11H2,1-4H3,(H,17,18)/t13-/m1/s1. The fourth-order valence-corrected chi connectivity index (χ4v) is 2.97. The summed E-state index contributed by atoms with van der Waals surface area (Å²) < 4.78 is 39.4.